The van der Waals surface area contributed by atoms with Gasteiger partial charge in [0.1, 0.15) is 13.2 Å². The summed E-state index contributed by atoms with van der Waals surface area (Å²) in [7, 11) is 0. The second-order valence-electron chi connectivity index (χ2n) is 4.71. The molecule has 0 saturated heterocycles. The van der Waals surface area contributed by atoms with Gasteiger partial charge in [0.15, 0.2) is 5.82 Å². The van der Waals surface area contributed by atoms with Gasteiger partial charge in [0, 0.05) is 0 Å². The summed E-state index contributed by atoms with van der Waals surface area (Å²) in [6.07, 6.45) is -2.17. The Balaban J connectivity index is 1.84. The molecule has 1 N–H and O–H groups in total. The summed E-state index contributed by atoms with van der Waals surface area (Å²) in [4.78, 5) is 3.91. The number of hydrogen-bond donors (Lipinski definition) is 1. The molecule has 1 aliphatic carbocycles. The number of nitrogens with zero attached hydrogens (tertiary/aromatic N) is 2. The summed E-state index contributed by atoms with van der Waals surface area (Å²) in [5.74, 6) is -4.26. The van der Waals surface area contributed by atoms with Gasteiger partial charge in [-0.05, 0) is 19.3 Å². The molecule has 1 heterocycles. The van der Waals surface area contributed by atoms with Gasteiger partial charge in [0.05, 0.1) is 12.0 Å². The second-order valence-corrected chi connectivity index (χ2v) is 4.71. The van der Waals surface area contributed by atoms with Crippen molar-refractivity contribution in [2.75, 3.05) is 6.61 Å². The molecular formula is C11H14F4N2O3. The van der Waals surface area contributed by atoms with Gasteiger partial charge < -0.3 is 14.4 Å². The van der Waals surface area contributed by atoms with Crippen molar-refractivity contribution in [1.29, 1.82) is 0 Å². The molecule has 0 aliphatic heterocycles. The minimum absolute atomic E-state index is 0.0100. The smallest absolute Gasteiger partial charge is 0.330 e. The number of alkyl halides is 4. The highest BCUT2D eigenvalue weighted by Crippen LogP contribution is 2.33. The lowest BCUT2D eigenvalue weighted by Crippen LogP contribution is -2.32. The van der Waals surface area contributed by atoms with E-state index in [1.807, 2.05) is 0 Å². The molecule has 9 heteroatoms. The van der Waals surface area contributed by atoms with Crippen LogP contribution in [0.5, 0.6) is 0 Å². The van der Waals surface area contributed by atoms with Gasteiger partial charge in [-0.1, -0.05) is 5.16 Å². The molecule has 0 amide bonds. The molecule has 2 unspecified atom stereocenters. The summed E-state index contributed by atoms with van der Waals surface area (Å²) in [6.45, 7) is -1.87. The molecule has 2 rings (SSSR count). The number of hydrogen-bond acceptors (Lipinski definition) is 5. The number of aliphatic hydroxyl groups excluding tert-OH is 1. The standard InChI is InChI=1S/C11H14F4N2O3/c12-10(13)11(14,15)5-19-4-8-16-9(20-17-8)6-2-1-3-7(6)18/h6-7,10,18H,1-5H2. The van der Waals surface area contributed by atoms with E-state index in [0.717, 1.165) is 6.42 Å². The zero-order chi connectivity index (χ0) is 14.8. The molecule has 0 aromatic carbocycles. The Morgan fingerprint density at radius 3 is 2.75 bits per heavy atom. The first kappa shape index (κ1) is 15.2. The highest BCUT2D eigenvalue weighted by Gasteiger charge is 2.41. The van der Waals surface area contributed by atoms with Crippen LogP contribution in [0.4, 0.5) is 17.6 Å². The summed E-state index contributed by atoms with van der Waals surface area (Å²) >= 11 is 0. The first-order valence-corrected chi connectivity index (χ1v) is 6.14. The number of rotatable bonds is 6. The molecule has 1 aromatic heterocycles. The average Bonchev–Trinajstić information content (AvgIpc) is 2.97. The predicted octanol–water partition coefficient (Wildman–Crippen LogP) is 2.12. The van der Waals surface area contributed by atoms with Crippen LogP contribution in [0.25, 0.3) is 0 Å². The third-order valence-corrected chi connectivity index (χ3v) is 3.13. The van der Waals surface area contributed by atoms with E-state index in [2.05, 4.69) is 14.9 Å². The van der Waals surface area contributed by atoms with Crippen LogP contribution in [0.3, 0.4) is 0 Å². The first-order chi connectivity index (χ1) is 9.40. The average molecular weight is 298 g/mol. The lowest BCUT2D eigenvalue weighted by molar-refractivity contribution is -0.168. The van der Waals surface area contributed by atoms with Crippen molar-refractivity contribution >= 4 is 0 Å². The maximum absolute atomic E-state index is 12.6. The summed E-state index contributed by atoms with van der Waals surface area (Å²) < 4.78 is 58.3. The molecule has 1 aliphatic rings. The maximum Gasteiger partial charge on any atom is 0.330 e. The molecule has 20 heavy (non-hydrogen) atoms. The van der Waals surface area contributed by atoms with Gasteiger partial charge in [0.25, 0.3) is 0 Å². The lowest BCUT2D eigenvalue weighted by Gasteiger charge is -2.14. The Kier molecular flexibility index (Phi) is 4.59. The predicted molar refractivity (Wildman–Crippen MR) is 57.5 cm³/mol. The molecule has 1 aromatic rings. The van der Waals surface area contributed by atoms with Crippen molar-refractivity contribution in [1.82, 2.24) is 10.1 Å². The van der Waals surface area contributed by atoms with E-state index >= 15 is 0 Å². The summed E-state index contributed by atoms with van der Waals surface area (Å²) in [6, 6.07) is 0. The largest absolute Gasteiger partial charge is 0.392 e. The lowest BCUT2D eigenvalue weighted by atomic mass is 10.1. The molecule has 0 spiro atoms. The summed E-state index contributed by atoms with van der Waals surface area (Å²) in [5, 5.41) is 13.2. The Morgan fingerprint density at radius 2 is 2.15 bits per heavy atom. The van der Waals surface area contributed by atoms with Crippen molar-refractivity contribution in [3.05, 3.63) is 11.7 Å². The fraction of sp³-hybridized carbons (Fsp3) is 0.818. The Bertz CT molecular complexity index is 441. The second kappa shape index (κ2) is 6.04. The van der Waals surface area contributed by atoms with Crippen molar-refractivity contribution < 1.29 is 31.9 Å². The zero-order valence-electron chi connectivity index (χ0n) is 10.4. The highest BCUT2D eigenvalue weighted by atomic mass is 19.3. The topological polar surface area (TPSA) is 68.4 Å². The number of ether oxygens (including phenoxy) is 1. The van der Waals surface area contributed by atoms with Crippen LogP contribution in [-0.4, -0.2) is 40.3 Å². The third-order valence-electron chi connectivity index (χ3n) is 3.13. The SMILES string of the molecule is OC1CCCC1c1nc(COCC(F)(F)C(F)F)no1. The van der Waals surface area contributed by atoms with Gasteiger partial charge in [-0.2, -0.15) is 13.8 Å². The van der Waals surface area contributed by atoms with E-state index in [0.29, 0.717) is 12.8 Å². The molecule has 0 bridgehead atoms. The Hall–Kier alpha value is -1.22. The van der Waals surface area contributed by atoms with Crippen LogP contribution >= 0.6 is 0 Å². The third kappa shape index (κ3) is 3.45. The molecule has 114 valence electrons. The molecule has 2 atom stereocenters. The van der Waals surface area contributed by atoms with E-state index in [1.54, 1.807) is 0 Å². The fourth-order valence-electron chi connectivity index (χ4n) is 2.05. The van der Waals surface area contributed by atoms with Gasteiger partial charge in [-0.25, -0.2) is 8.78 Å². The molecule has 1 fully saturated rings. The number of aliphatic hydroxyl groups is 1. The van der Waals surface area contributed by atoms with Gasteiger partial charge >= 0.3 is 12.3 Å². The Morgan fingerprint density at radius 1 is 1.40 bits per heavy atom. The normalized spacial score (nSPS) is 23.7. The zero-order valence-corrected chi connectivity index (χ0v) is 10.4. The van der Waals surface area contributed by atoms with Gasteiger partial charge in [0.2, 0.25) is 5.89 Å². The van der Waals surface area contributed by atoms with E-state index in [9.17, 15) is 22.7 Å². The van der Waals surface area contributed by atoms with Crippen LogP contribution in [0, 0.1) is 0 Å². The Labute approximate surface area is 111 Å². The molecular weight excluding hydrogens is 284 g/mol. The van der Waals surface area contributed by atoms with Crippen LogP contribution < -0.4 is 0 Å². The minimum atomic E-state index is -4.20. The quantitative estimate of drug-likeness (QED) is 0.815. The van der Waals surface area contributed by atoms with Crippen LogP contribution in [0.1, 0.15) is 36.9 Å². The maximum atomic E-state index is 12.6. The highest BCUT2D eigenvalue weighted by molar-refractivity contribution is 5.00. The van der Waals surface area contributed by atoms with E-state index in [1.165, 1.54) is 0 Å². The van der Waals surface area contributed by atoms with Crippen LogP contribution in [0.2, 0.25) is 0 Å². The monoisotopic (exact) mass is 298 g/mol. The fourth-order valence-corrected chi connectivity index (χ4v) is 2.05. The molecule has 0 radical (unpaired) electrons. The van der Waals surface area contributed by atoms with E-state index in [4.69, 9.17) is 4.52 Å². The van der Waals surface area contributed by atoms with Crippen molar-refractivity contribution in [3.63, 3.8) is 0 Å². The van der Waals surface area contributed by atoms with E-state index in [-0.39, 0.29) is 17.6 Å². The van der Waals surface area contributed by atoms with Gasteiger partial charge in [-0.3, -0.25) is 0 Å². The molecule has 1 saturated carbocycles. The van der Waals surface area contributed by atoms with Crippen molar-refractivity contribution in [2.24, 2.45) is 0 Å². The first-order valence-electron chi connectivity index (χ1n) is 6.14. The van der Waals surface area contributed by atoms with Crippen LogP contribution in [-0.2, 0) is 11.3 Å². The van der Waals surface area contributed by atoms with Crippen molar-refractivity contribution in [2.45, 2.75) is 50.2 Å². The minimum Gasteiger partial charge on any atom is -0.392 e. The number of aromatic nitrogens is 2. The van der Waals surface area contributed by atoms with E-state index < -0.39 is 31.7 Å². The number of halogens is 4. The summed E-state index contributed by atoms with van der Waals surface area (Å²) in [5.41, 5.74) is 0. The van der Waals surface area contributed by atoms with Crippen molar-refractivity contribution in [3.8, 4) is 0 Å². The molecule has 5 nitrogen and oxygen atoms in total. The van der Waals surface area contributed by atoms with Gasteiger partial charge in [-0.15, -0.1) is 0 Å². The van der Waals surface area contributed by atoms with Crippen LogP contribution in [0.15, 0.2) is 4.52 Å².